The molecule has 0 bridgehead atoms. The van der Waals surface area contributed by atoms with Gasteiger partial charge in [0.25, 0.3) is 5.91 Å². The van der Waals surface area contributed by atoms with E-state index >= 15 is 0 Å². The number of aryl methyl sites for hydroxylation is 1. The number of hydrogen-bond acceptors (Lipinski definition) is 2. The van der Waals surface area contributed by atoms with E-state index in [9.17, 15) is 18.7 Å². The number of benzene rings is 2. The monoisotopic (exact) mass is 325 g/mol. The van der Waals surface area contributed by atoms with Crippen LogP contribution < -0.4 is 5.32 Å². The van der Waals surface area contributed by atoms with Crippen molar-refractivity contribution in [1.82, 2.24) is 5.32 Å². The molecular formula is C16H14ClF2NO2. The van der Waals surface area contributed by atoms with E-state index in [4.69, 9.17) is 11.6 Å². The van der Waals surface area contributed by atoms with Gasteiger partial charge in [-0.3, -0.25) is 4.79 Å². The zero-order valence-electron chi connectivity index (χ0n) is 11.7. The van der Waals surface area contributed by atoms with Crippen molar-refractivity contribution in [3.8, 4) is 0 Å². The molecule has 3 nitrogen and oxygen atoms in total. The van der Waals surface area contributed by atoms with Crippen LogP contribution in [-0.2, 0) is 0 Å². The maximum absolute atomic E-state index is 13.5. The molecular weight excluding hydrogens is 312 g/mol. The molecule has 22 heavy (non-hydrogen) atoms. The highest BCUT2D eigenvalue weighted by Gasteiger charge is 2.16. The first-order valence-corrected chi connectivity index (χ1v) is 6.94. The van der Waals surface area contributed by atoms with E-state index in [2.05, 4.69) is 5.32 Å². The molecule has 0 aromatic heterocycles. The Morgan fingerprint density at radius 1 is 1.27 bits per heavy atom. The van der Waals surface area contributed by atoms with Gasteiger partial charge in [0.05, 0.1) is 16.7 Å². The Bertz CT molecular complexity index is 707. The number of halogens is 3. The van der Waals surface area contributed by atoms with Gasteiger partial charge in [-0.2, -0.15) is 0 Å². The van der Waals surface area contributed by atoms with Crippen LogP contribution in [0.5, 0.6) is 0 Å². The van der Waals surface area contributed by atoms with Crippen molar-refractivity contribution in [3.63, 3.8) is 0 Å². The molecule has 1 amide bonds. The van der Waals surface area contributed by atoms with Gasteiger partial charge in [-0.05, 0) is 30.7 Å². The summed E-state index contributed by atoms with van der Waals surface area (Å²) in [5.74, 6) is -1.63. The van der Waals surface area contributed by atoms with Gasteiger partial charge >= 0.3 is 0 Å². The summed E-state index contributed by atoms with van der Waals surface area (Å²) in [4.78, 5) is 12.0. The molecule has 0 radical (unpaired) electrons. The maximum Gasteiger partial charge on any atom is 0.252 e. The number of rotatable bonds is 4. The Morgan fingerprint density at radius 2 is 1.95 bits per heavy atom. The van der Waals surface area contributed by atoms with E-state index in [1.165, 1.54) is 31.2 Å². The first-order valence-electron chi connectivity index (χ1n) is 6.56. The Balaban J connectivity index is 2.07. The van der Waals surface area contributed by atoms with Gasteiger partial charge in [-0.15, -0.1) is 0 Å². The van der Waals surface area contributed by atoms with Crippen LogP contribution in [-0.4, -0.2) is 17.6 Å². The third kappa shape index (κ3) is 3.61. The summed E-state index contributed by atoms with van der Waals surface area (Å²) in [5.41, 5.74) is 0.467. The molecule has 116 valence electrons. The van der Waals surface area contributed by atoms with Crippen molar-refractivity contribution < 1.29 is 18.7 Å². The first kappa shape index (κ1) is 16.4. The summed E-state index contributed by atoms with van der Waals surface area (Å²) in [6, 6.07) is 8.12. The Labute approximate surface area is 131 Å². The van der Waals surface area contributed by atoms with E-state index < -0.39 is 23.6 Å². The van der Waals surface area contributed by atoms with Crippen molar-refractivity contribution in [2.75, 3.05) is 6.54 Å². The molecule has 1 atom stereocenters. The summed E-state index contributed by atoms with van der Waals surface area (Å²) >= 11 is 5.83. The van der Waals surface area contributed by atoms with Gasteiger partial charge < -0.3 is 10.4 Å². The van der Waals surface area contributed by atoms with Crippen LogP contribution in [0.4, 0.5) is 8.78 Å². The van der Waals surface area contributed by atoms with Crippen molar-refractivity contribution in [2.24, 2.45) is 0 Å². The second kappa shape index (κ2) is 6.85. The van der Waals surface area contributed by atoms with E-state index in [0.717, 1.165) is 6.07 Å². The highest BCUT2D eigenvalue weighted by Crippen LogP contribution is 2.21. The van der Waals surface area contributed by atoms with Crippen molar-refractivity contribution in [2.45, 2.75) is 13.0 Å². The van der Waals surface area contributed by atoms with Gasteiger partial charge in [0, 0.05) is 12.1 Å². The van der Waals surface area contributed by atoms with Crippen LogP contribution in [0.25, 0.3) is 0 Å². The summed E-state index contributed by atoms with van der Waals surface area (Å²) in [7, 11) is 0. The average molecular weight is 326 g/mol. The Hall–Kier alpha value is -1.98. The van der Waals surface area contributed by atoms with Gasteiger partial charge in [0.2, 0.25) is 0 Å². The predicted octanol–water partition coefficient (Wildman–Crippen LogP) is 3.39. The predicted molar refractivity (Wildman–Crippen MR) is 79.8 cm³/mol. The van der Waals surface area contributed by atoms with E-state index in [-0.39, 0.29) is 28.3 Å². The molecule has 6 heteroatoms. The molecule has 0 aliphatic heterocycles. The van der Waals surface area contributed by atoms with Gasteiger partial charge in [-0.1, -0.05) is 29.8 Å². The molecule has 2 N–H and O–H groups in total. The average Bonchev–Trinajstić information content (AvgIpc) is 2.48. The molecule has 0 saturated heterocycles. The van der Waals surface area contributed by atoms with Crippen LogP contribution in [0.1, 0.15) is 27.6 Å². The lowest BCUT2D eigenvalue weighted by molar-refractivity contribution is 0.0914. The molecule has 0 spiro atoms. The third-order valence-electron chi connectivity index (χ3n) is 3.21. The standard InChI is InChI=1S/C16H14ClF2NO2/c1-9-6-11(12(17)7-14(9)19)16(22)20-8-15(21)10-4-2-3-5-13(10)18/h2-7,15,21H,8H2,1H3,(H,20,22). The van der Waals surface area contributed by atoms with Crippen LogP contribution in [0.15, 0.2) is 36.4 Å². The number of nitrogens with one attached hydrogen (secondary N) is 1. The lowest BCUT2D eigenvalue weighted by Crippen LogP contribution is -2.29. The second-order valence-corrected chi connectivity index (χ2v) is 5.24. The minimum atomic E-state index is -1.19. The number of carbonyl (C=O) groups is 1. The minimum absolute atomic E-state index is 0.0269. The number of amides is 1. The van der Waals surface area contributed by atoms with Gasteiger partial charge in [0.1, 0.15) is 11.6 Å². The van der Waals surface area contributed by atoms with Gasteiger partial charge in [-0.25, -0.2) is 8.78 Å². The van der Waals surface area contributed by atoms with Crippen LogP contribution >= 0.6 is 11.6 Å². The zero-order valence-corrected chi connectivity index (χ0v) is 12.5. The first-order chi connectivity index (χ1) is 10.4. The molecule has 1 unspecified atom stereocenters. The minimum Gasteiger partial charge on any atom is -0.386 e. The van der Waals surface area contributed by atoms with E-state index in [1.807, 2.05) is 0 Å². The molecule has 2 rings (SSSR count). The fraction of sp³-hybridized carbons (Fsp3) is 0.188. The largest absolute Gasteiger partial charge is 0.386 e. The molecule has 2 aromatic rings. The number of aliphatic hydroxyl groups excluding tert-OH is 1. The van der Waals surface area contributed by atoms with Crippen molar-refractivity contribution in [1.29, 1.82) is 0 Å². The van der Waals surface area contributed by atoms with E-state index in [0.29, 0.717) is 0 Å². The van der Waals surface area contributed by atoms with Crippen molar-refractivity contribution >= 4 is 17.5 Å². The molecule has 0 aliphatic rings. The highest BCUT2D eigenvalue weighted by molar-refractivity contribution is 6.33. The number of carbonyl (C=O) groups excluding carboxylic acids is 1. The third-order valence-corrected chi connectivity index (χ3v) is 3.53. The summed E-state index contributed by atoms with van der Waals surface area (Å²) in [6.45, 7) is 1.32. The summed E-state index contributed by atoms with van der Waals surface area (Å²) in [6.07, 6.45) is -1.19. The molecule has 0 saturated carbocycles. The number of aliphatic hydroxyl groups is 1. The maximum atomic E-state index is 13.5. The zero-order chi connectivity index (χ0) is 16.3. The second-order valence-electron chi connectivity index (χ2n) is 4.83. The van der Waals surface area contributed by atoms with Crippen LogP contribution in [0.2, 0.25) is 5.02 Å². The highest BCUT2D eigenvalue weighted by atomic mass is 35.5. The summed E-state index contributed by atoms with van der Waals surface area (Å²) < 4.78 is 26.8. The molecule has 2 aromatic carbocycles. The molecule has 0 aliphatic carbocycles. The normalized spacial score (nSPS) is 12.0. The lowest BCUT2D eigenvalue weighted by atomic mass is 10.1. The number of hydrogen-bond donors (Lipinski definition) is 2. The fourth-order valence-electron chi connectivity index (χ4n) is 1.97. The fourth-order valence-corrected chi connectivity index (χ4v) is 2.21. The van der Waals surface area contributed by atoms with Crippen molar-refractivity contribution in [3.05, 3.63) is 69.7 Å². The van der Waals surface area contributed by atoms with Gasteiger partial charge in [0.15, 0.2) is 0 Å². The summed E-state index contributed by atoms with van der Waals surface area (Å²) in [5, 5.41) is 12.3. The quantitative estimate of drug-likeness (QED) is 0.905. The SMILES string of the molecule is Cc1cc(C(=O)NCC(O)c2ccccc2F)c(Cl)cc1F. The Kier molecular flexibility index (Phi) is 5.11. The topological polar surface area (TPSA) is 49.3 Å². The molecule has 0 heterocycles. The molecule has 0 fully saturated rings. The lowest BCUT2D eigenvalue weighted by Gasteiger charge is -2.14. The van der Waals surface area contributed by atoms with E-state index in [1.54, 1.807) is 6.07 Å². The smallest absolute Gasteiger partial charge is 0.252 e. The van der Waals surface area contributed by atoms with Crippen LogP contribution in [0.3, 0.4) is 0 Å². The Morgan fingerprint density at radius 3 is 2.64 bits per heavy atom. The van der Waals surface area contributed by atoms with Crippen LogP contribution in [0, 0.1) is 18.6 Å².